The van der Waals surface area contributed by atoms with Gasteiger partial charge in [-0.2, -0.15) is 0 Å². The Morgan fingerprint density at radius 3 is 3.00 bits per heavy atom. The van der Waals surface area contributed by atoms with Crippen molar-refractivity contribution in [2.45, 2.75) is 25.8 Å². The van der Waals surface area contributed by atoms with E-state index in [0.29, 0.717) is 11.3 Å². The highest BCUT2D eigenvalue weighted by molar-refractivity contribution is 6.52. The molecule has 0 saturated heterocycles. The van der Waals surface area contributed by atoms with Crippen molar-refractivity contribution in [2.24, 2.45) is 10.9 Å². The normalized spacial score (nSPS) is 33.3. The highest BCUT2D eigenvalue weighted by Crippen LogP contribution is 2.38. The molecule has 3 aliphatic rings. The van der Waals surface area contributed by atoms with Crippen LogP contribution in [0, 0.1) is 5.92 Å². The molecule has 0 aromatic rings. The van der Waals surface area contributed by atoms with Gasteiger partial charge in [-0.05, 0) is 37.0 Å². The van der Waals surface area contributed by atoms with Crippen molar-refractivity contribution >= 4 is 17.3 Å². The second-order valence-electron chi connectivity index (χ2n) is 4.30. The number of rotatable bonds is 0. The third-order valence-corrected chi connectivity index (χ3v) is 3.36. The largest absolute Gasteiger partial charge is 0.293 e. The van der Waals surface area contributed by atoms with Crippen molar-refractivity contribution in [3.05, 3.63) is 23.3 Å². The number of carbonyl (C=O) groups is 2. The maximum Gasteiger partial charge on any atom is 0.201 e. The number of Topliss-reactive ketones (excluding diaryl/α,β-unsaturated/α-hetero) is 1. The summed E-state index contributed by atoms with van der Waals surface area (Å²) in [4.78, 5) is 28.0. The van der Waals surface area contributed by atoms with Crippen molar-refractivity contribution in [2.75, 3.05) is 0 Å². The minimum Gasteiger partial charge on any atom is -0.293 e. The average molecular weight is 201 g/mol. The lowest BCUT2D eigenvalue weighted by molar-refractivity contribution is -0.118. The van der Waals surface area contributed by atoms with Gasteiger partial charge in [0.05, 0.1) is 17.7 Å². The minimum absolute atomic E-state index is 0.0593. The van der Waals surface area contributed by atoms with E-state index in [1.807, 2.05) is 0 Å². The van der Waals surface area contributed by atoms with Gasteiger partial charge in [0.25, 0.3) is 0 Å². The number of allylic oxidation sites excluding steroid dienone is 3. The van der Waals surface area contributed by atoms with Crippen LogP contribution in [-0.2, 0) is 9.59 Å². The number of ketones is 2. The van der Waals surface area contributed by atoms with Gasteiger partial charge in [-0.1, -0.05) is 6.08 Å². The number of aliphatic imine (C=N–C) groups is 1. The maximum atomic E-state index is 12.0. The van der Waals surface area contributed by atoms with Crippen molar-refractivity contribution < 1.29 is 9.59 Å². The van der Waals surface area contributed by atoms with Crippen LogP contribution in [0.5, 0.6) is 0 Å². The molecule has 0 aromatic heterocycles. The molecule has 15 heavy (non-hydrogen) atoms. The lowest BCUT2D eigenvalue weighted by Crippen LogP contribution is -2.33. The van der Waals surface area contributed by atoms with E-state index in [2.05, 4.69) is 11.1 Å². The highest BCUT2D eigenvalue weighted by Gasteiger charge is 2.44. The number of hydrogen-bond donors (Lipinski definition) is 0. The zero-order valence-corrected chi connectivity index (χ0v) is 8.49. The van der Waals surface area contributed by atoms with E-state index in [4.69, 9.17) is 0 Å². The number of carbonyl (C=O) groups excluding carboxylic acids is 2. The number of hydrogen-bond acceptors (Lipinski definition) is 3. The van der Waals surface area contributed by atoms with Gasteiger partial charge in [0.2, 0.25) is 5.78 Å². The van der Waals surface area contributed by atoms with Crippen LogP contribution in [0.15, 0.2) is 28.3 Å². The molecule has 0 spiro atoms. The van der Waals surface area contributed by atoms with Crippen LogP contribution in [0.1, 0.15) is 19.8 Å². The standard InChI is InChI=1S/C12H11NO2/c1-6-5-9(14)11-10(12(6)15)7-3-2-4-8(7)13-11/h3,5,8,10H,2,4H2,1H3. The van der Waals surface area contributed by atoms with Crippen LogP contribution in [0.4, 0.5) is 0 Å². The molecule has 0 N–H and O–H groups in total. The maximum absolute atomic E-state index is 12.0. The molecule has 3 rings (SSSR count). The van der Waals surface area contributed by atoms with Crippen molar-refractivity contribution in [3.63, 3.8) is 0 Å². The molecule has 2 unspecified atom stereocenters. The Morgan fingerprint density at radius 1 is 1.40 bits per heavy atom. The first-order chi connectivity index (χ1) is 7.18. The first kappa shape index (κ1) is 8.77. The molecule has 0 fully saturated rings. The minimum atomic E-state index is -0.338. The van der Waals surface area contributed by atoms with Gasteiger partial charge in [-0.15, -0.1) is 0 Å². The monoisotopic (exact) mass is 201 g/mol. The topological polar surface area (TPSA) is 46.5 Å². The highest BCUT2D eigenvalue weighted by atomic mass is 16.1. The van der Waals surface area contributed by atoms with E-state index in [1.54, 1.807) is 6.92 Å². The smallest absolute Gasteiger partial charge is 0.201 e. The van der Waals surface area contributed by atoms with Crippen LogP contribution in [0.3, 0.4) is 0 Å². The molecule has 0 amide bonds. The van der Waals surface area contributed by atoms with Crippen LogP contribution in [0.2, 0.25) is 0 Å². The van der Waals surface area contributed by atoms with E-state index in [1.165, 1.54) is 6.08 Å². The summed E-state index contributed by atoms with van der Waals surface area (Å²) in [6.07, 6.45) is 5.43. The van der Waals surface area contributed by atoms with Gasteiger partial charge in [0, 0.05) is 0 Å². The third-order valence-electron chi connectivity index (χ3n) is 3.36. The average Bonchev–Trinajstić information content (AvgIpc) is 2.72. The van der Waals surface area contributed by atoms with Crippen LogP contribution in [-0.4, -0.2) is 23.3 Å². The summed E-state index contributed by atoms with van der Waals surface area (Å²) in [6.45, 7) is 1.71. The van der Waals surface area contributed by atoms with Crippen LogP contribution < -0.4 is 0 Å². The molecule has 0 saturated carbocycles. The van der Waals surface area contributed by atoms with Crippen LogP contribution in [0.25, 0.3) is 0 Å². The van der Waals surface area contributed by atoms with Gasteiger partial charge < -0.3 is 0 Å². The SMILES string of the molecule is CC1=CC(=O)C2=NC3CCC=C3C2C1=O. The first-order valence-electron chi connectivity index (χ1n) is 5.23. The Bertz CT molecular complexity index is 468. The van der Waals surface area contributed by atoms with Crippen LogP contribution >= 0.6 is 0 Å². The zero-order valence-electron chi connectivity index (χ0n) is 8.49. The van der Waals surface area contributed by atoms with E-state index < -0.39 is 0 Å². The molecule has 0 bridgehead atoms. The lowest BCUT2D eigenvalue weighted by atomic mass is 9.82. The predicted octanol–water partition coefficient (Wildman–Crippen LogP) is 1.24. The molecular formula is C12H11NO2. The lowest BCUT2D eigenvalue weighted by Gasteiger charge is -2.17. The summed E-state index contributed by atoms with van der Waals surface area (Å²) in [7, 11) is 0. The summed E-state index contributed by atoms with van der Waals surface area (Å²) in [5.74, 6) is -0.355. The van der Waals surface area contributed by atoms with Crippen molar-refractivity contribution in [1.29, 1.82) is 0 Å². The van der Waals surface area contributed by atoms with Gasteiger partial charge in [-0.3, -0.25) is 14.6 Å². The molecule has 1 heterocycles. The number of fused-ring (bicyclic) bond motifs is 3. The van der Waals surface area contributed by atoms with Crippen molar-refractivity contribution in [3.8, 4) is 0 Å². The Labute approximate surface area is 87.6 Å². The van der Waals surface area contributed by atoms with Crippen molar-refractivity contribution in [1.82, 2.24) is 0 Å². The van der Waals surface area contributed by atoms with Gasteiger partial charge >= 0.3 is 0 Å². The van der Waals surface area contributed by atoms with E-state index in [0.717, 1.165) is 18.4 Å². The summed E-state index contributed by atoms with van der Waals surface area (Å²) < 4.78 is 0. The summed E-state index contributed by atoms with van der Waals surface area (Å²) in [5, 5.41) is 0. The molecule has 3 nitrogen and oxygen atoms in total. The van der Waals surface area contributed by atoms with Gasteiger partial charge in [-0.25, -0.2) is 0 Å². The molecule has 2 atom stereocenters. The second kappa shape index (κ2) is 2.75. The molecule has 76 valence electrons. The fourth-order valence-electron chi connectivity index (χ4n) is 2.61. The first-order valence-corrected chi connectivity index (χ1v) is 5.23. The Morgan fingerprint density at radius 2 is 2.20 bits per heavy atom. The molecule has 0 radical (unpaired) electrons. The molecule has 2 aliphatic carbocycles. The summed E-state index contributed by atoms with van der Waals surface area (Å²) in [5.41, 5.74) is 2.11. The molecular weight excluding hydrogens is 190 g/mol. The van der Waals surface area contributed by atoms with Gasteiger partial charge in [0.1, 0.15) is 0 Å². The number of nitrogens with zero attached hydrogens (tertiary/aromatic N) is 1. The third kappa shape index (κ3) is 1.03. The summed E-state index contributed by atoms with van der Waals surface area (Å²) >= 11 is 0. The fraction of sp³-hybridized carbons (Fsp3) is 0.417. The Hall–Kier alpha value is -1.51. The Kier molecular flexibility index (Phi) is 1.61. The second-order valence-corrected chi connectivity index (χ2v) is 4.30. The van der Waals surface area contributed by atoms with E-state index in [-0.39, 0.29) is 23.5 Å². The summed E-state index contributed by atoms with van der Waals surface area (Å²) in [6, 6.07) is 0.109. The quantitative estimate of drug-likeness (QED) is 0.553. The van der Waals surface area contributed by atoms with Gasteiger partial charge in [0.15, 0.2) is 5.78 Å². The molecule has 3 heteroatoms. The predicted molar refractivity (Wildman–Crippen MR) is 55.8 cm³/mol. The zero-order chi connectivity index (χ0) is 10.6. The van der Waals surface area contributed by atoms with E-state index >= 15 is 0 Å². The Balaban J connectivity index is 2.14. The molecule has 1 aliphatic heterocycles. The fourth-order valence-corrected chi connectivity index (χ4v) is 2.61. The van der Waals surface area contributed by atoms with E-state index in [9.17, 15) is 9.59 Å². The molecule has 0 aromatic carbocycles.